The Bertz CT molecular complexity index is 385. The third-order valence-electron chi connectivity index (χ3n) is 2.70. The van der Waals surface area contributed by atoms with Crippen LogP contribution in [0, 0.1) is 0 Å². The number of methoxy groups -OCH3 is 2. The van der Waals surface area contributed by atoms with Crippen molar-refractivity contribution in [1.29, 1.82) is 0 Å². The van der Waals surface area contributed by atoms with Crippen molar-refractivity contribution in [2.45, 2.75) is 18.9 Å². The standard InChI is InChI=1S/C13H19BrO3S/c1-16-11-7-6-9(13(17-2)12(11)14)10(15)5-4-8-18-3/h6-7,10,15H,4-5,8H2,1-3H3. The molecular formula is C13H19BrO3S. The largest absolute Gasteiger partial charge is 0.495 e. The van der Waals surface area contributed by atoms with Gasteiger partial charge < -0.3 is 14.6 Å². The van der Waals surface area contributed by atoms with Crippen LogP contribution in [0.15, 0.2) is 16.6 Å². The van der Waals surface area contributed by atoms with Gasteiger partial charge in [-0.25, -0.2) is 0 Å². The molecule has 0 aliphatic heterocycles. The second kappa shape index (κ2) is 7.92. The second-order valence-corrected chi connectivity index (χ2v) is 5.63. The summed E-state index contributed by atoms with van der Waals surface area (Å²) in [5.41, 5.74) is 0.797. The maximum atomic E-state index is 10.2. The summed E-state index contributed by atoms with van der Waals surface area (Å²) >= 11 is 5.22. The molecule has 3 nitrogen and oxygen atoms in total. The Hall–Kier alpha value is -0.390. The van der Waals surface area contributed by atoms with E-state index in [9.17, 15) is 5.11 Å². The summed E-state index contributed by atoms with van der Waals surface area (Å²) in [6, 6.07) is 3.69. The Balaban J connectivity index is 2.90. The normalized spacial score (nSPS) is 12.3. The van der Waals surface area contributed by atoms with Crippen molar-refractivity contribution in [2.75, 3.05) is 26.2 Å². The summed E-state index contributed by atoms with van der Waals surface area (Å²) in [5.74, 6) is 2.40. The third-order valence-corrected chi connectivity index (χ3v) is 4.15. The number of ether oxygens (including phenoxy) is 2. The zero-order chi connectivity index (χ0) is 13.5. The van der Waals surface area contributed by atoms with E-state index in [1.165, 1.54) is 0 Å². The Morgan fingerprint density at radius 2 is 2.06 bits per heavy atom. The number of aliphatic hydroxyl groups is 1. The topological polar surface area (TPSA) is 38.7 Å². The van der Waals surface area contributed by atoms with Crippen LogP contribution in [0.5, 0.6) is 11.5 Å². The average Bonchev–Trinajstić information content (AvgIpc) is 2.38. The van der Waals surface area contributed by atoms with E-state index in [1.807, 2.05) is 12.1 Å². The molecule has 0 spiro atoms. The lowest BCUT2D eigenvalue weighted by atomic mass is 10.0. The molecule has 0 fully saturated rings. The SMILES string of the molecule is COc1ccc(C(O)CCCSC)c(OC)c1Br. The molecule has 0 heterocycles. The fourth-order valence-electron chi connectivity index (χ4n) is 1.76. The molecular weight excluding hydrogens is 316 g/mol. The zero-order valence-electron chi connectivity index (χ0n) is 10.9. The predicted octanol–water partition coefficient (Wildman–Crippen LogP) is 3.64. The van der Waals surface area contributed by atoms with Gasteiger partial charge >= 0.3 is 0 Å². The minimum Gasteiger partial charge on any atom is -0.495 e. The Morgan fingerprint density at radius 3 is 2.61 bits per heavy atom. The Labute approximate surface area is 121 Å². The van der Waals surface area contributed by atoms with Crippen molar-refractivity contribution < 1.29 is 14.6 Å². The first-order chi connectivity index (χ1) is 8.65. The van der Waals surface area contributed by atoms with E-state index >= 15 is 0 Å². The van der Waals surface area contributed by atoms with Gasteiger partial charge in [-0.2, -0.15) is 11.8 Å². The lowest BCUT2D eigenvalue weighted by Gasteiger charge is -2.17. The van der Waals surface area contributed by atoms with E-state index in [2.05, 4.69) is 22.2 Å². The summed E-state index contributed by atoms with van der Waals surface area (Å²) in [4.78, 5) is 0. The fourth-order valence-corrected chi connectivity index (χ4v) is 2.90. The van der Waals surface area contributed by atoms with Gasteiger partial charge in [0.15, 0.2) is 0 Å². The van der Waals surface area contributed by atoms with Crippen molar-refractivity contribution in [1.82, 2.24) is 0 Å². The van der Waals surface area contributed by atoms with Gasteiger partial charge in [0.25, 0.3) is 0 Å². The molecule has 0 saturated carbocycles. The van der Waals surface area contributed by atoms with Gasteiger partial charge in [0.1, 0.15) is 16.0 Å². The van der Waals surface area contributed by atoms with Gasteiger partial charge in [-0.1, -0.05) is 0 Å². The van der Waals surface area contributed by atoms with Gasteiger partial charge in [0.05, 0.1) is 20.3 Å². The van der Waals surface area contributed by atoms with Crippen molar-refractivity contribution >= 4 is 27.7 Å². The quantitative estimate of drug-likeness (QED) is 0.772. The van der Waals surface area contributed by atoms with E-state index in [-0.39, 0.29) is 0 Å². The number of hydrogen-bond donors (Lipinski definition) is 1. The number of benzene rings is 1. The smallest absolute Gasteiger partial charge is 0.142 e. The first-order valence-electron chi connectivity index (χ1n) is 5.73. The predicted molar refractivity (Wildman–Crippen MR) is 79.8 cm³/mol. The van der Waals surface area contributed by atoms with E-state index in [0.717, 1.165) is 28.6 Å². The summed E-state index contributed by atoms with van der Waals surface area (Å²) in [6.07, 6.45) is 3.27. The molecule has 0 amide bonds. The Kier molecular flexibility index (Phi) is 6.89. The minimum atomic E-state index is -0.505. The van der Waals surface area contributed by atoms with Crippen LogP contribution in [0.4, 0.5) is 0 Å². The fraction of sp³-hybridized carbons (Fsp3) is 0.538. The summed E-state index contributed by atoms with van der Waals surface area (Å²) in [5, 5.41) is 10.2. The highest BCUT2D eigenvalue weighted by Gasteiger charge is 2.18. The van der Waals surface area contributed by atoms with Crippen molar-refractivity contribution in [3.63, 3.8) is 0 Å². The van der Waals surface area contributed by atoms with Crippen molar-refractivity contribution in [3.8, 4) is 11.5 Å². The number of aliphatic hydroxyl groups excluding tert-OH is 1. The third kappa shape index (κ3) is 3.80. The Morgan fingerprint density at radius 1 is 1.33 bits per heavy atom. The van der Waals surface area contributed by atoms with Crippen LogP contribution in [0.3, 0.4) is 0 Å². The monoisotopic (exact) mass is 334 g/mol. The first kappa shape index (κ1) is 15.7. The molecule has 0 aromatic heterocycles. The summed E-state index contributed by atoms with van der Waals surface area (Å²) < 4.78 is 11.3. The van der Waals surface area contributed by atoms with Crippen LogP contribution in [0.1, 0.15) is 24.5 Å². The van der Waals surface area contributed by atoms with Gasteiger partial charge in [-0.3, -0.25) is 0 Å². The van der Waals surface area contributed by atoms with Crippen LogP contribution in [0.25, 0.3) is 0 Å². The van der Waals surface area contributed by atoms with Crippen LogP contribution in [-0.2, 0) is 0 Å². The van der Waals surface area contributed by atoms with Gasteiger partial charge in [0, 0.05) is 5.56 Å². The van der Waals surface area contributed by atoms with Crippen LogP contribution in [0.2, 0.25) is 0 Å². The average molecular weight is 335 g/mol. The van der Waals surface area contributed by atoms with Crippen LogP contribution in [-0.4, -0.2) is 31.3 Å². The van der Waals surface area contributed by atoms with Gasteiger partial charge in [-0.15, -0.1) is 0 Å². The molecule has 1 aromatic carbocycles. The molecule has 1 rings (SSSR count). The lowest BCUT2D eigenvalue weighted by Crippen LogP contribution is -2.03. The molecule has 1 atom stereocenters. The first-order valence-corrected chi connectivity index (χ1v) is 7.91. The highest BCUT2D eigenvalue weighted by Crippen LogP contribution is 2.40. The molecule has 5 heteroatoms. The molecule has 0 bridgehead atoms. The maximum absolute atomic E-state index is 10.2. The summed E-state index contributed by atoms with van der Waals surface area (Å²) in [7, 11) is 3.20. The molecule has 0 radical (unpaired) electrons. The highest BCUT2D eigenvalue weighted by atomic mass is 79.9. The zero-order valence-corrected chi connectivity index (χ0v) is 13.3. The molecule has 0 aliphatic rings. The van der Waals surface area contributed by atoms with Crippen molar-refractivity contribution in [2.24, 2.45) is 0 Å². The molecule has 0 aliphatic carbocycles. The van der Waals surface area contributed by atoms with Gasteiger partial charge in [-0.05, 0) is 52.9 Å². The van der Waals surface area contributed by atoms with Crippen molar-refractivity contribution in [3.05, 3.63) is 22.2 Å². The summed E-state index contributed by atoms with van der Waals surface area (Å²) in [6.45, 7) is 0. The molecule has 1 unspecified atom stereocenters. The second-order valence-electron chi connectivity index (χ2n) is 3.86. The van der Waals surface area contributed by atoms with E-state index in [0.29, 0.717) is 11.5 Å². The highest BCUT2D eigenvalue weighted by molar-refractivity contribution is 9.10. The molecule has 102 valence electrons. The molecule has 1 aromatic rings. The molecule has 0 saturated heterocycles. The maximum Gasteiger partial charge on any atom is 0.142 e. The minimum absolute atomic E-state index is 0.505. The molecule has 1 N–H and O–H groups in total. The van der Waals surface area contributed by atoms with Crippen LogP contribution >= 0.6 is 27.7 Å². The van der Waals surface area contributed by atoms with E-state index in [1.54, 1.807) is 26.0 Å². The number of halogens is 1. The van der Waals surface area contributed by atoms with E-state index < -0.39 is 6.10 Å². The van der Waals surface area contributed by atoms with Crippen LogP contribution < -0.4 is 9.47 Å². The van der Waals surface area contributed by atoms with E-state index in [4.69, 9.17) is 9.47 Å². The number of hydrogen-bond acceptors (Lipinski definition) is 4. The van der Waals surface area contributed by atoms with Gasteiger partial charge in [0.2, 0.25) is 0 Å². The number of thioether (sulfide) groups is 1. The lowest BCUT2D eigenvalue weighted by molar-refractivity contribution is 0.162. The number of rotatable bonds is 7. The molecule has 18 heavy (non-hydrogen) atoms.